The molecule has 1 aromatic rings. The van der Waals surface area contributed by atoms with Crippen LogP contribution in [0.25, 0.3) is 0 Å². The summed E-state index contributed by atoms with van der Waals surface area (Å²) in [6, 6.07) is 1.31. The molecule has 42 heavy (non-hydrogen) atoms. The number of nitrogens with zero attached hydrogens (tertiary/aromatic N) is 2. The van der Waals surface area contributed by atoms with E-state index in [2.05, 4.69) is 23.4 Å². The van der Waals surface area contributed by atoms with Crippen molar-refractivity contribution in [3.8, 4) is 0 Å². The van der Waals surface area contributed by atoms with Crippen molar-refractivity contribution in [1.82, 2.24) is 9.55 Å². The number of anilines is 1. The van der Waals surface area contributed by atoms with Crippen molar-refractivity contribution in [2.24, 2.45) is 0 Å². The van der Waals surface area contributed by atoms with E-state index in [1.54, 1.807) is 10.8 Å². The van der Waals surface area contributed by atoms with Crippen LogP contribution in [0.2, 0.25) is 0 Å². The minimum Gasteiger partial charge on any atom is -0.481 e. The first-order valence-electron chi connectivity index (χ1n) is 11.9. The van der Waals surface area contributed by atoms with Gasteiger partial charge in [0.15, 0.2) is 0 Å². The van der Waals surface area contributed by atoms with Gasteiger partial charge in [0.05, 0.1) is 12.7 Å². The van der Waals surface area contributed by atoms with Crippen LogP contribution in [0.1, 0.15) is 44.8 Å². The smallest absolute Gasteiger partial charge is 0.481 e. The highest BCUT2D eigenvalue weighted by Crippen LogP contribution is 2.66. The van der Waals surface area contributed by atoms with E-state index in [0.29, 0.717) is 12.2 Å². The molecular formula is C18H30N3O16P3S2. The molecule has 19 nitrogen and oxygen atoms in total. The van der Waals surface area contributed by atoms with Gasteiger partial charge in [-0.15, -0.1) is 0 Å². The molecule has 1 fully saturated rings. The lowest BCUT2D eigenvalue weighted by Crippen LogP contribution is -2.29. The van der Waals surface area contributed by atoms with E-state index >= 15 is 0 Å². The van der Waals surface area contributed by atoms with E-state index in [1.807, 2.05) is 0 Å². The van der Waals surface area contributed by atoms with Crippen molar-refractivity contribution in [2.75, 3.05) is 23.4 Å². The van der Waals surface area contributed by atoms with Crippen LogP contribution in [0.15, 0.2) is 17.1 Å². The first-order valence-corrected chi connectivity index (χ1v) is 18.9. The van der Waals surface area contributed by atoms with Crippen molar-refractivity contribution in [3.05, 3.63) is 22.7 Å². The third kappa shape index (κ3) is 14.5. The van der Waals surface area contributed by atoms with Gasteiger partial charge in [0.1, 0.15) is 18.1 Å². The van der Waals surface area contributed by atoms with Gasteiger partial charge in [0.25, 0.3) is 0 Å². The number of phosphoric ester groups is 1. The number of carbonyl (C=O) groups excluding carboxylic acids is 1. The Kier molecular flexibility index (Phi) is 14.8. The second kappa shape index (κ2) is 16.8. The molecule has 1 saturated heterocycles. The van der Waals surface area contributed by atoms with E-state index in [0.717, 1.165) is 23.2 Å². The number of phosphoric acid groups is 3. The summed E-state index contributed by atoms with van der Waals surface area (Å²) in [4.78, 5) is 74.7. The molecule has 1 amide bonds. The Labute approximate surface area is 246 Å². The number of hydrogen-bond acceptors (Lipinski definition) is 14. The van der Waals surface area contributed by atoms with Crippen molar-refractivity contribution < 1.29 is 71.0 Å². The topological polar surface area (TPSA) is 291 Å². The summed E-state index contributed by atoms with van der Waals surface area (Å²) < 4.78 is 52.0. The van der Waals surface area contributed by atoms with Crippen molar-refractivity contribution in [1.29, 1.82) is 0 Å². The van der Waals surface area contributed by atoms with Crippen molar-refractivity contribution >= 4 is 62.8 Å². The average molecular weight is 701 g/mol. The third-order valence-corrected chi connectivity index (χ3v) is 11.3. The fourth-order valence-electron chi connectivity index (χ4n) is 3.28. The number of carboxylic acids is 1. The number of amides is 1. The van der Waals surface area contributed by atoms with Crippen LogP contribution in [-0.2, 0) is 41.2 Å². The van der Waals surface area contributed by atoms with E-state index in [1.165, 1.54) is 23.1 Å². The molecule has 0 radical (unpaired) electrons. The van der Waals surface area contributed by atoms with E-state index in [9.17, 15) is 43.0 Å². The Hall–Kier alpha value is -1.15. The van der Waals surface area contributed by atoms with Crippen LogP contribution >= 0.6 is 45.1 Å². The second-order valence-corrected chi connectivity index (χ2v) is 15.6. The van der Waals surface area contributed by atoms with E-state index in [4.69, 9.17) is 19.6 Å². The molecule has 240 valence electrons. The summed E-state index contributed by atoms with van der Waals surface area (Å²) in [6.45, 7) is -0.904. The summed E-state index contributed by atoms with van der Waals surface area (Å²) in [6.07, 6.45) is -0.174. The maximum atomic E-state index is 12.5. The highest BCUT2D eigenvalue weighted by atomic mass is 33.1. The molecule has 1 aliphatic rings. The molecule has 5 unspecified atom stereocenters. The van der Waals surface area contributed by atoms with Gasteiger partial charge in [-0.25, -0.2) is 18.5 Å². The van der Waals surface area contributed by atoms with Gasteiger partial charge < -0.3 is 39.8 Å². The number of aromatic nitrogens is 2. The Morgan fingerprint density at radius 1 is 1.05 bits per heavy atom. The summed E-state index contributed by atoms with van der Waals surface area (Å²) in [5, 5.41) is 21.3. The van der Waals surface area contributed by atoms with E-state index < -0.39 is 60.2 Å². The zero-order valence-corrected chi connectivity index (χ0v) is 25.9. The average Bonchev–Trinajstić information content (AvgIpc) is 3.19. The molecule has 2 rings (SSSR count). The number of carboxylic acid groups (broad SMARTS) is 1. The molecule has 24 heteroatoms. The van der Waals surface area contributed by atoms with Crippen LogP contribution in [0, 0.1) is 0 Å². The first-order chi connectivity index (χ1) is 19.5. The fourth-order valence-corrected chi connectivity index (χ4v) is 8.45. The standard InChI is InChI=1S/C18H30N3O16P3S2/c22-12-10-16(35-13(12)11-34-39(30,31)37-40(32,33)36-38(27,28)29)21-7-5-14(20-18(21)26)19-15(23)6-9-42-41-8-3-1-2-4-17(24)25/h5,7,12-13,16,22H,1-4,6,8-11H2,(H,24,25)(H,30,31)(H,32,33)(H2,27,28,29)(H,19,20,23,26). The maximum Gasteiger partial charge on any atom is 0.490 e. The lowest BCUT2D eigenvalue weighted by molar-refractivity contribution is -0.137. The minimum atomic E-state index is -5.72. The summed E-state index contributed by atoms with van der Waals surface area (Å²) >= 11 is 0. The second-order valence-electron chi connectivity index (χ2n) is 8.47. The third-order valence-electron chi connectivity index (χ3n) is 5.04. The summed E-state index contributed by atoms with van der Waals surface area (Å²) in [5.41, 5.74) is -0.855. The summed E-state index contributed by atoms with van der Waals surface area (Å²) in [7, 11) is -13.7. The molecule has 0 spiro atoms. The van der Waals surface area contributed by atoms with E-state index in [-0.39, 0.29) is 31.0 Å². The molecule has 7 N–H and O–H groups in total. The molecule has 5 atom stereocenters. The number of ether oxygens (including phenoxy) is 1. The number of carbonyl (C=O) groups is 2. The summed E-state index contributed by atoms with van der Waals surface area (Å²) in [5.74, 6) is 0.0947. The highest BCUT2D eigenvalue weighted by molar-refractivity contribution is 8.76. The van der Waals surface area contributed by atoms with Crippen LogP contribution in [0.5, 0.6) is 0 Å². The van der Waals surface area contributed by atoms with Gasteiger partial charge in [-0.1, -0.05) is 28.0 Å². The molecule has 1 aromatic heterocycles. The number of unbranched alkanes of at least 4 members (excludes halogenated alkanes) is 2. The minimum absolute atomic E-state index is 0.0277. The fraction of sp³-hybridized carbons (Fsp3) is 0.667. The predicted molar refractivity (Wildman–Crippen MR) is 147 cm³/mol. The van der Waals surface area contributed by atoms with Gasteiger partial charge >= 0.3 is 35.1 Å². The number of hydrogen-bond donors (Lipinski definition) is 7. The number of aliphatic hydroxyl groups excluding tert-OH is 1. The van der Waals surface area contributed by atoms with Gasteiger partial charge in [0.2, 0.25) is 5.91 Å². The maximum absolute atomic E-state index is 12.5. The number of aliphatic hydroxyl groups is 1. The Balaban J connectivity index is 1.78. The van der Waals surface area contributed by atoms with Crippen LogP contribution in [0.3, 0.4) is 0 Å². The van der Waals surface area contributed by atoms with Gasteiger partial charge in [-0.3, -0.25) is 18.7 Å². The zero-order valence-electron chi connectivity index (χ0n) is 21.6. The lowest BCUT2D eigenvalue weighted by Gasteiger charge is -2.19. The Morgan fingerprint density at radius 3 is 2.38 bits per heavy atom. The normalized spacial score (nSPS) is 21.9. The van der Waals surface area contributed by atoms with Gasteiger partial charge in [-0.2, -0.15) is 13.6 Å². The monoisotopic (exact) mass is 701 g/mol. The quantitative estimate of drug-likeness (QED) is 0.0612. The molecule has 0 aliphatic carbocycles. The lowest BCUT2D eigenvalue weighted by atomic mass is 10.2. The number of nitrogens with one attached hydrogen (secondary N) is 1. The molecule has 0 bridgehead atoms. The van der Waals surface area contributed by atoms with Crippen LogP contribution < -0.4 is 11.0 Å². The first kappa shape index (κ1) is 37.0. The molecular weight excluding hydrogens is 671 g/mol. The Morgan fingerprint density at radius 2 is 1.74 bits per heavy atom. The van der Waals surface area contributed by atoms with Gasteiger partial charge in [0, 0.05) is 37.0 Å². The zero-order chi connectivity index (χ0) is 31.6. The SMILES string of the molecule is O=C(O)CCCCCSSCCC(=O)Nc1ccn(C2CC(O)C(COP(=O)(O)OP(=O)(O)OP(=O)(O)O)O2)c(=O)n1. The molecule has 1 aliphatic heterocycles. The van der Waals surface area contributed by atoms with Crippen molar-refractivity contribution in [2.45, 2.75) is 57.0 Å². The van der Waals surface area contributed by atoms with Crippen LogP contribution in [0.4, 0.5) is 5.82 Å². The molecule has 0 aromatic carbocycles. The highest BCUT2D eigenvalue weighted by Gasteiger charge is 2.43. The number of aliphatic carboxylic acids is 1. The predicted octanol–water partition coefficient (Wildman–Crippen LogP) is 1.59. The van der Waals surface area contributed by atoms with Gasteiger partial charge in [-0.05, 0) is 18.9 Å². The molecule has 0 saturated carbocycles. The number of rotatable bonds is 19. The van der Waals surface area contributed by atoms with Crippen LogP contribution in [-0.4, -0.2) is 81.5 Å². The Bertz CT molecular complexity index is 1280. The largest absolute Gasteiger partial charge is 0.490 e. The molecule has 2 heterocycles. The van der Waals surface area contributed by atoms with Crippen molar-refractivity contribution in [3.63, 3.8) is 0 Å².